The second-order valence-corrected chi connectivity index (χ2v) is 9.64. The highest BCUT2D eigenvalue weighted by Crippen LogP contribution is 2.47. The largest absolute Gasteiger partial charge is 0.465 e. The van der Waals surface area contributed by atoms with Crippen LogP contribution in [0.3, 0.4) is 0 Å². The zero-order valence-corrected chi connectivity index (χ0v) is 23.2. The molecular weight excluding hydrogens is 516 g/mol. The molecule has 0 radical (unpaired) electrons. The first-order valence-electron chi connectivity index (χ1n) is 13.5. The van der Waals surface area contributed by atoms with Crippen molar-refractivity contribution in [1.82, 2.24) is 0 Å². The van der Waals surface area contributed by atoms with Gasteiger partial charge in [0.15, 0.2) is 5.78 Å². The molecule has 0 heterocycles. The number of hydrogen-bond acceptors (Lipinski definition) is 6. The standard InChI is InChI=1S/C35H30O6/c1-4-29(37)26-16-10-18-28(35(39)41-3)33(26)32-24-14-7-5-12-22(24)31(23-13-6-8-15-25(23)32)30-21(19-20-36)11-9-17-27(30)34(38)40-2/h5-18,36H,4,19-20H2,1-3H3. The summed E-state index contributed by atoms with van der Waals surface area (Å²) in [4.78, 5) is 39.4. The summed E-state index contributed by atoms with van der Waals surface area (Å²) in [6.45, 7) is 1.70. The maximum atomic E-state index is 13.3. The van der Waals surface area contributed by atoms with Crippen LogP contribution < -0.4 is 0 Å². The average Bonchev–Trinajstić information content (AvgIpc) is 3.02. The quantitative estimate of drug-likeness (QED) is 0.128. The van der Waals surface area contributed by atoms with Gasteiger partial charge in [-0.05, 0) is 56.8 Å². The summed E-state index contributed by atoms with van der Waals surface area (Å²) in [7, 11) is 2.67. The molecule has 6 heteroatoms. The number of fused-ring (bicyclic) bond motifs is 2. The summed E-state index contributed by atoms with van der Waals surface area (Å²) >= 11 is 0. The molecule has 0 bridgehead atoms. The van der Waals surface area contributed by atoms with E-state index < -0.39 is 11.9 Å². The third kappa shape index (κ3) is 4.77. The van der Waals surface area contributed by atoms with Crippen molar-refractivity contribution < 1.29 is 29.0 Å². The molecule has 0 aliphatic carbocycles. The fraction of sp³-hybridized carbons (Fsp3) is 0.171. The van der Waals surface area contributed by atoms with Crippen molar-refractivity contribution in [2.24, 2.45) is 0 Å². The first kappa shape index (κ1) is 27.7. The van der Waals surface area contributed by atoms with Gasteiger partial charge < -0.3 is 14.6 Å². The van der Waals surface area contributed by atoms with Gasteiger partial charge in [-0.25, -0.2) is 9.59 Å². The van der Waals surface area contributed by atoms with E-state index in [1.807, 2.05) is 54.6 Å². The Morgan fingerprint density at radius 3 is 1.49 bits per heavy atom. The summed E-state index contributed by atoms with van der Waals surface area (Å²) < 4.78 is 10.3. The summed E-state index contributed by atoms with van der Waals surface area (Å²) in [5, 5.41) is 13.2. The van der Waals surface area contributed by atoms with Gasteiger partial charge in [-0.3, -0.25) is 4.79 Å². The van der Waals surface area contributed by atoms with E-state index in [9.17, 15) is 19.5 Å². The van der Waals surface area contributed by atoms with Crippen LogP contribution in [0.25, 0.3) is 43.8 Å². The van der Waals surface area contributed by atoms with Gasteiger partial charge in [0.25, 0.3) is 0 Å². The van der Waals surface area contributed by atoms with E-state index in [0.717, 1.165) is 38.2 Å². The van der Waals surface area contributed by atoms with Crippen molar-refractivity contribution in [1.29, 1.82) is 0 Å². The number of benzene rings is 5. The Bertz CT molecular complexity index is 1730. The third-order valence-electron chi connectivity index (χ3n) is 7.46. The minimum atomic E-state index is -0.538. The van der Waals surface area contributed by atoms with Crippen LogP contribution in [-0.2, 0) is 15.9 Å². The molecule has 0 saturated heterocycles. The first-order chi connectivity index (χ1) is 20.0. The van der Waals surface area contributed by atoms with Crippen molar-refractivity contribution in [3.05, 3.63) is 107 Å². The average molecular weight is 547 g/mol. The number of aliphatic hydroxyl groups is 1. The van der Waals surface area contributed by atoms with Gasteiger partial charge in [-0.1, -0.05) is 79.7 Å². The molecule has 0 aliphatic heterocycles. The number of aliphatic hydroxyl groups excluding tert-OH is 1. The molecule has 0 atom stereocenters. The van der Waals surface area contributed by atoms with Crippen LogP contribution in [-0.4, -0.2) is 43.7 Å². The Labute approximate surface area is 238 Å². The van der Waals surface area contributed by atoms with Crippen LogP contribution in [0.5, 0.6) is 0 Å². The molecule has 5 rings (SSSR count). The number of hydrogen-bond donors (Lipinski definition) is 1. The van der Waals surface area contributed by atoms with Crippen LogP contribution in [0.4, 0.5) is 0 Å². The van der Waals surface area contributed by atoms with E-state index in [2.05, 4.69) is 0 Å². The van der Waals surface area contributed by atoms with Crippen LogP contribution in [0.1, 0.15) is 50.0 Å². The molecular formula is C35H30O6. The fourth-order valence-electron chi connectivity index (χ4n) is 5.70. The van der Waals surface area contributed by atoms with E-state index in [1.165, 1.54) is 14.2 Å². The molecule has 0 spiro atoms. The van der Waals surface area contributed by atoms with Gasteiger partial charge in [-0.15, -0.1) is 0 Å². The van der Waals surface area contributed by atoms with Crippen LogP contribution in [0, 0.1) is 0 Å². The maximum Gasteiger partial charge on any atom is 0.338 e. The van der Waals surface area contributed by atoms with Crippen LogP contribution >= 0.6 is 0 Å². The molecule has 0 saturated carbocycles. The predicted octanol–water partition coefficient (Wildman–Crippen LogP) is 7.03. The Balaban J connectivity index is 2.04. The topological polar surface area (TPSA) is 89.9 Å². The lowest BCUT2D eigenvalue weighted by atomic mass is 9.80. The Kier molecular flexibility index (Phi) is 7.95. The van der Waals surface area contributed by atoms with E-state index in [0.29, 0.717) is 34.2 Å². The maximum absolute atomic E-state index is 13.3. The zero-order valence-electron chi connectivity index (χ0n) is 23.2. The molecule has 0 amide bonds. The molecule has 0 aromatic heterocycles. The molecule has 206 valence electrons. The smallest absolute Gasteiger partial charge is 0.338 e. The molecule has 0 unspecified atom stereocenters. The van der Waals surface area contributed by atoms with Crippen molar-refractivity contribution in [3.8, 4) is 22.3 Å². The number of ether oxygens (including phenoxy) is 2. The molecule has 5 aromatic rings. The number of methoxy groups -OCH3 is 2. The highest BCUT2D eigenvalue weighted by atomic mass is 16.5. The minimum Gasteiger partial charge on any atom is -0.465 e. The highest BCUT2D eigenvalue weighted by molar-refractivity contribution is 6.26. The molecule has 1 N–H and O–H groups in total. The van der Waals surface area contributed by atoms with Crippen molar-refractivity contribution in [2.45, 2.75) is 19.8 Å². The molecule has 5 aromatic carbocycles. The van der Waals surface area contributed by atoms with Crippen molar-refractivity contribution in [2.75, 3.05) is 20.8 Å². The zero-order chi connectivity index (χ0) is 29.1. The minimum absolute atomic E-state index is 0.0933. The van der Waals surface area contributed by atoms with Gasteiger partial charge in [-0.2, -0.15) is 0 Å². The van der Waals surface area contributed by atoms with Gasteiger partial charge in [0.1, 0.15) is 0 Å². The lowest BCUT2D eigenvalue weighted by Gasteiger charge is -2.22. The van der Waals surface area contributed by atoms with E-state index in [4.69, 9.17) is 9.47 Å². The summed E-state index contributed by atoms with van der Waals surface area (Å²) in [5.74, 6) is -1.11. The van der Waals surface area contributed by atoms with Crippen LogP contribution in [0.15, 0.2) is 84.9 Å². The van der Waals surface area contributed by atoms with Crippen LogP contribution in [0.2, 0.25) is 0 Å². The second-order valence-electron chi connectivity index (χ2n) is 9.64. The normalized spacial score (nSPS) is 11.0. The Hall–Kier alpha value is -4.81. The number of carbonyl (C=O) groups excluding carboxylic acids is 3. The van der Waals surface area contributed by atoms with Gasteiger partial charge in [0, 0.05) is 29.7 Å². The van der Waals surface area contributed by atoms with E-state index in [-0.39, 0.29) is 18.8 Å². The first-order valence-corrected chi connectivity index (χ1v) is 13.5. The second kappa shape index (κ2) is 11.7. The monoisotopic (exact) mass is 546 g/mol. The lowest BCUT2D eigenvalue weighted by molar-refractivity contribution is 0.0592. The molecule has 41 heavy (non-hydrogen) atoms. The number of Topliss-reactive ketones (excluding diaryl/α,β-unsaturated/α-hetero) is 1. The number of carbonyl (C=O) groups is 3. The Morgan fingerprint density at radius 1 is 0.585 bits per heavy atom. The summed E-state index contributed by atoms with van der Waals surface area (Å²) in [6, 6.07) is 26.1. The van der Waals surface area contributed by atoms with Gasteiger partial charge in [0.05, 0.1) is 25.3 Å². The van der Waals surface area contributed by atoms with E-state index >= 15 is 0 Å². The predicted molar refractivity (Wildman–Crippen MR) is 160 cm³/mol. The third-order valence-corrected chi connectivity index (χ3v) is 7.46. The molecule has 6 nitrogen and oxygen atoms in total. The van der Waals surface area contributed by atoms with Crippen molar-refractivity contribution >= 4 is 39.3 Å². The number of ketones is 1. The Morgan fingerprint density at radius 2 is 1.02 bits per heavy atom. The SMILES string of the molecule is CCC(=O)c1cccc(C(=O)OC)c1-c1c2ccccc2c(-c2c(CCO)cccc2C(=O)OC)c2ccccc12. The van der Waals surface area contributed by atoms with Crippen molar-refractivity contribution in [3.63, 3.8) is 0 Å². The fourth-order valence-corrected chi connectivity index (χ4v) is 5.70. The van der Waals surface area contributed by atoms with E-state index in [1.54, 1.807) is 37.3 Å². The van der Waals surface area contributed by atoms with Gasteiger partial charge in [0.2, 0.25) is 0 Å². The highest BCUT2D eigenvalue weighted by Gasteiger charge is 2.27. The van der Waals surface area contributed by atoms with Gasteiger partial charge >= 0.3 is 11.9 Å². The summed E-state index contributed by atoms with van der Waals surface area (Å²) in [6.07, 6.45) is 0.605. The summed E-state index contributed by atoms with van der Waals surface area (Å²) in [5.41, 5.74) is 4.66. The lowest BCUT2D eigenvalue weighted by Crippen LogP contribution is -2.10. The number of rotatable bonds is 8. The molecule has 0 fully saturated rings. The molecule has 0 aliphatic rings. The number of esters is 2.